The summed E-state index contributed by atoms with van der Waals surface area (Å²) in [6.07, 6.45) is 2.30. The van der Waals surface area contributed by atoms with Crippen molar-refractivity contribution < 1.29 is 9.13 Å². The van der Waals surface area contributed by atoms with Crippen molar-refractivity contribution >= 4 is 39.7 Å². The molecule has 0 unspecified atom stereocenters. The van der Waals surface area contributed by atoms with E-state index in [2.05, 4.69) is 15.3 Å². The molecule has 2 aromatic carbocycles. The Bertz CT molecular complexity index is 975. The topological polar surface area (TPSA) is 73.1 Å². The van der Waals surface area contributed by atoms with Gasteiger partial charge in [0.25, 0.3) is 0 Å². The number of halogens is 2. The predicted molar refractivity (Wildman–Crippen MR) is 97.2 cm³/mol. The van der Waals surface area contributed by atoms with Crippen molar-refractivity contribution in [3.05, 3.63) is 46.7 Å². The van der Waals surface area contributed by atoms with Gasteiger partial charge in [-0.25, -0.2) is 4.39 Å². The van der Waals surface area contributed by atoms with Crippen molar-refractivity contribution in [2.24, 2.45) is 0 Å². The highest BCUT2D eigenvalue weighted by Gasteiger charge is 2.26. The van der Waals surface area contributed by atoms with Gasteiger partial charge in [-0.3, -0.25) is 0 Å². The molecule has 128 valence electrons. The van der Waals surface area contributed by atoms with E-state index in [0.717, 1.165) is 35.0 Å². The number of rotatable bonds is 4. The van der Waals surface area contributed by atoms with Crippen LogP contribution in [0.2, 0.25) is 5.02 Å². The van der Waals surface area contributed by atoms with Crippen LogP contribution in [-0.2, 0) is 0 Å². The Kier molecular flexibility index (Phi) is 3.84. The molecule has 0 spiro atoms. The minimum absolute atomic E-state index is 0.0332. The van der Waals surface area contributed by atoms with E-state index in [4.69, 9.17) is 22.1 Å². The molecule has 1 aliphatic carbocycles. The molecule has 1 heterocycles. The fraction of sp³-hybridized carbons (Fsp3) is 0.222. The lowest BCUT2D eigenvalue weighted by molar-refractivity contribution is 0.382. The first-order chi connectivity index (χ1) is 12.0. The van der Waals surface area contributed by atoms with E-state index in [9.17, 15) is 4.39 Å². The van der Waals surface area contributed by atoms with Gasteiger partial charge in [0.15, 0.2) is 0 Å². The number of methoxy groups -OCH3 is 1. The highest BCUT2D eigenvalue weighted by Crippen LogP contribution is 2.44. The summed E-state index contributed by atoms with van der Waals surface area (Å²) in [6.45, 7) is 0. The number of ether oxygens (including phenoxy) is 1. The van der Waals surface area contributed by atoms with Crippen LogP contribution in [0, 0.1) is 5.82 Å². The van der Waals surface area contributed by atoms with Gasteiger partial charge in [-0.15, -0.1) is 0 Å². The summed E-state index contributed by atoms with van der Waals surface area (Å²) in [4.78, 5) is 8.79. The lowest BCUT2D eigenvalue weighted by Crippen LogP contribution is -2.02. The van der Waals surface area contributed by atoms with E-state index < -0.39 is 5.82 Å². The van der Waals surface area contributed by atoms with Crippen LogP contribution >= 0.6 is 11.6 Å². The molecule has 4 rings (SSSR count). The third-order valence-electron chi connectivity index (χ3n) is 4.26. The molecule has 0 saturated heterocycles. The second-order valence-electron chi connectivity index (χ2n) is 6.09. The number of nitrogens with one attached hydrogen (secondary N) is 1. The Balaban J connectivity index is 1.83. The van der Waals surface area contributed by atoms with Gasteiger partial charge in [0.1, 0.15) is 11.6 Å². The number of nitrogen functional groups attached to an aromatic ring is 1. The molecule has 3 aromatic rings. The molecule has 25 heavy (non-hydrogen) atoms. The first kappa shape index (κ1) is 15.9. The summed E-state index contributed by atoms with van der Waals surface area (Å²) < 4.78 is 18.6. The molecular formula is C18H16ClFN4O. The number of nitrogens with two attached hydrogens (primary N) is 1. The second kappa shape index (κ2) is 6.04. The third kappa shape index (κ3) is 3.05. The van der Waals surface area contributed by atoms with Crippen LogP contribution in [0.4, 0.5) is 21.6 Å². The van der Waals surface area contributed by atoms with E-state index >= 15 is 0 Å². The Hall–Kier alpha value is -2.60. The number of benzene rings is 2. The van der Waals surface area contributed by atoms with Crippen LogP contribution in [0.5, 0.6) is 6.01 Å². The van der Waals surface area contributed by atoms with Gasteiger partial charge in [-0.2, -0.15) is 9.97 Å². The van der Waals surface area contributed by atoms with Gasteiger partial charge in [0.05, 0.1) is 17.6 Å². The van der Waals surface area contributed by atoms with E-state index in [1.165, 1.54) is 19.2 Å². The monoisotopic (exact) mass is 358 g/mol. The SMILES string of the molecule is COc1nc(Nc2ccc(F)c(Cl)c2)c2cc(N)c(C3CC3)cc2n1. The fourth-order valence-corrected chi connectivity index (χ4v) is 3.01. The largest absolute Gasteiger partial charge is 0.467 e. The number of hydrogen-bond acceptors (Lipinski definition) is 5. The van der Waals surface area contributed by atoms with Crippen molar-refractivity contribution in [3.8, 4) is 6.01 Å². The molecule has 7 heteroatoms. The average molecular weight is 359 g/mol. The number of anilines is 3. The maximum Gasteiger partial charge on any atom is 0.318 e. The lowest BCUT2D eigenvalue weighted by Gasteiger charge is -2.13. The van der Waals surface area contributed by atoms with Crippen LogP contribution < -0.4 is 15.8 Å². The predicted octanol–water partition coefficient (Wildman–Crippen LogP) is 4.63. The summed E-state index contributed by atoms with van der Waals surface area (Å²) in [6, 6.07) is 8.49. The minimum atomic E-state index is -0.476. The Morgan fingerprint density at radius 3 is 2.72 bits per heavy atom. The van der Waals surface area contributed by atoms with Crippen molar-refractivity contribution in [2.75, 3.05) is 18.2 Å². The summed E-state index contributed by atoms with van der Waals surface area (Å²) >= 11 is 5.85. The quantitative estimate of drug-likeness (QED) is 0.665. The molecule has 3 N–H and O–H groups in total. The average Bonchev–Trinajstić information content (AvgIpc) is 3.43. The molecule has 1 aromatic heterocycles. The first-order valence-corrected chi connectivity index (χ1v) is 8.30. The van der Waals surface area contributed by atoms with Crippen molar-refractivity contribution in [2.45, 2.75) is 18.8 Å². The standard InChI is InChI=1S/C18H16ClFN4O/c1-25-18-23-16-8-11(9-2-3-9)15(21)7-12(16)17(24-18)22-10-4-5-14(20)13(19)6-10/h4-9H,2-3,21H2,1H3,(H,22,23,24). The zero-order valence-corrected chi connectivity index (χ0v) is 14.3. The molecule has 1 saturated carbocycles. The molecule has 0 aliphatic heterocycles. The van der Waals surface area contributed by atoms with E-state index in [1.807, 2.05) is 12.1 Å². The van der Waals surface area contributed by atoms with E-state index in [1.54, 1.807) is 6.07 Å². The Morgan fingerprint density at radius 1 is 1.24 bits per heavy atom. The molecular weight excluding hydrogens is 343 g/mol. The number of fused-ring (bicyclic) bond motifs is 1. The molecule has 1 fully saturated rings. The zero-order chi connectivity index (χ0) is 17.6. The first-order valence-electron chi connectivity index (χ1n) is 7.92. The van der Waals surface area contributed by atoms with Gasteiger partial charge < -0.3 is 15.8 Å². The second-order valence-corrected chi connectivity index (χ2v) is 6.49. The number of nitrogens with zero attached hydrogens (tertiary/aromatic N) is 2. The van der Waals surface area contributed by atoms with Crippen LogP contribution in [-0.4, -0.2) is 17.1 Å². The van der Waals surface area contributed by atoms with Gasteiger partial charge in [0, 0.05) is 16.8 Å². The summed E-state index contributed by atoms with van der Waals surface area (Å²) in [5, 5.41) is 3.94. The molecule has 0 atom stereocenters. The van der Waals surface area contributed by atoms with Crippen LogP contribution in [0.1, 0.15) is 24.3 Å². The smallest absolute Gasteiger partial charge is 0.318 e. The van der Waals surface area contributed by atoms with Crippen molar-refractivity contribution in [1.82, 2.24) is 9.97 Å². The maximum absolute atomic E-state index is 13.4. The fourth-order valence-electron chi connectivity index (χ4n) is 2.83. The van der Waals surface area contributed by atoms with E-state index in [0.29, 0.717) is 17.4 Å². The molecule has 0 bridgehead atoms. The van der Waals surface area contributed by atoms with Crippen molar-refractivity contribution in [3.63, 3.8) is 0 Å². The third-order valence-corrected chi connectivity index (χ3v) is 4.55. The summed E-state index contributed by atoms with van der Waals surface area (Å²) in [5.41, 5.74) is 9.42. The molecule has 0 amide bonds. The van der Waals surface area contributed by atoms with Gasteiger partial charge >= 0.3 is 6.01 Å². The highest BCUT2D eigenvalue weighted by atomic mass is 35.5. The molecule has 5 nitrogen and oxygen atoms in total. The van der Waals surface area contributed by atoms with Crippen molar-refractivity contribution in [1.29, 1.82) is 0 Å². The van der Waals surface area contributed by atoms with Crippen LogP contribution in [0.3, 0.4) is 0 Å². The molecule has 0 radical (unpaired) electrons. The van der Waals surface area contributed by atoms with Crippen LogP contribution in [0.15, 0.2) is 30.3 Å². The van der Waals surface area contributed by atoms with Gasteiger partial charge in [-0.1, -0.05) is 11.6 Å². The van der Waals surface area contributed by atoms with Crippen LogP contribution in [0.25, 0.3) is 10.9 Å². The Morgan fingerprint density at radius 2 is 2.04 bits per heavy atom. The molecule has 1 aliphatic rings. The lowest BCUT2D eigenvalue weighted by atomic mass is 10.1. The summed E-state index contributed by atoms with van der Waals surface area (Å²) in [7, 11) is 1.51. The zero-order valence-electron chi connectivity index (χ0n) is 13.5. The highest BCUT2D eigenvalue weighted by molar-refractivity contribution is 6.31. The van der Waals surface area contributed by atoms with E-state index in [-0.39, 0.29) is 11.0 Å². The van der Waals surface area contributed by atoms with Gasteiger partial charge in [0.2, 0.25) is 0 Å². The summed E-state index contributed by atoms with van der Waals surface area (Å²) in [5.74, 6) is 0.562. The number of aromatic nitrogens is 2. The Labute approximate surface area is 149 Å². The number of hydrogen-bond donors (Lipinski definition) is 2. The van der Waals surface area contributed by atoms with Gasteiger partial charge in [-0.05, 0) is 54.7 Å². The maximum atomic E-state index is 13.4. The minimum Gasteiger partial charge on any atom is -0.467 e. The normalized spacial score (nSPS) is 13.9.